The summed E-state index contributed by atoms with van der Waals surface area (Å²) in [5.41, 5.74) is 1.12. The lowest BCUT2D eigenvalue weighted by molar-refractivity contribution is -0.135. The molecule has 0 radical (unpaired) electrons. The molecule has 1 aromatic rings. The van der Waals surface area contributed by atoms with Crippen LogP contribution in [0.15, 0.2) is 18.2 Å². The van der Waals surface area contributed by atoms with E-state index in [0.29, 0.717) is 24.3 Å². The van der Waals surface area contributed by atoms with Crippen molar-refractivity contribution < 1.29 is 14.0 Å². The number of benzene rings is 1. The van der Waals surface area contributed by atoms with Crippen LogP contribution in [0.3, 0.4) is 0 Å². The van der Waals surface area contributed by atoms with E-state index in [2.05, 4.69) is 5.32 Å². The lowest BCUT2D eigenvalue weighted by Crippen LogP contribution is -2.39. The predicted octanol–water partition coefficient (Wildman–Crippen LogP) is 2.90. The van der Waals surface area contributed by atoms with Crippen molar-refractivity contribution in [3.63, 3.8) is 0 Å². The number of nitrogens with one attached hydrogen (secondary N) is 1. The molecule has 1 aliphatic rings. The zero-order valence-electron chi connectivity index (χ0n) is 12.5. The highest BCUT2D eigenvalue weighted by Crippen LogP contribution is 2.34. The van der Waals surface area contributed by atoms with Gasteiger partial charge in [-0.15, -0.1) is 0 Å². The first-order chi connectivity index (χ1) is 10.1. The molecule has 2 rings (SSSR count). The number of carbonyl (C=O) groups is 2. The maximum atomic E-state index is 13.3. The highest BCUT2D eigenvalue weighted by molar-refractivity contribution is 6.01. The van der Waals surface area contributed by atoms with Gasteiger partial charge in [0.15, 0.2) is 0 Å². The van der Waals surface area contributed by atoms with E-state index in [4.69, 9.17) is 0 Å². The minimum Gasteiger partial charge on any atom is -0.342 e. The Morgan fingerprint density at radius 2 is 2.00 bits per heavy atom. The first-order valence-electron chi connectivity index (χ1n) is 7.44. The van der Waals surface area contributed by atoms with Crippen molar-refractivity contribution in [1.82, 2.24) is 4.90 Å². The summed E-state index contributed by atoms with van der Waals surface area (Å²) in [6.07, 6.45) is 1.88. The number of fused-ring (bicyclic) bond motifs is 1. The molecule has 1 aromatic carbocycles. The van der Waals surface area contributed by atoms with Gasteiger partial charge in [-0.25, -0.2) is 4.39 Å². The molecule has 5 heteroatoms. The average Bonchev–Trinajstić information content (AvgIpc) is 2.45. The third-order valence-electron chi connectivity index (χ3n) is 3.65. The molecule has 114 valence electrons. The van der Waals surface area contributed by atoms with Crippen molar-refractivity contribution in [2.45, 2.75) is 39.0 Å². The first-order valence-corrected chi connectivity index (χ1v) is 7.44. The lowest BCUT2D eigenvalue weighted by Gasteiger charge is -2.30. The smallest absolute Gasteiger partial charge is 0.230 e. The average molecular weight is 292 g/mol. The standard InChI is InChI=1S/C16H21FN2O2/c1-3-7-19(8-4-2)16(21)13-10-15(20)18-14-9-11(17)5-6-12(13)14/h5-6,9,13H,3-4,7-8,10H2,1-2H3,(H,18,20). The Balaban J connectivity index is 2.31. The van der Waals surface area contributed by atoms with E-state index in [9.17, 15) is 14.0 Å². The number of amides is 2. The third kappa shape index (κ3) is 3.40. The summed E-state index contributed by atoms with van der Waals surface area (Å²) in [4.78, 5) is 26.3. The molecule has 0 spiro atoms. The zero-order chi connectivity index (χ0) is 15.4. The highest BCUT2D eigenvalue weighted by Gasteiger charge is 2.33. The molecule has 0 saturated carbocycles. The van der Waals surface area contributed by atoms with Gasteiger partial charge in [0.05, 0.1) is 5.92 Å². The Kier molecular flexibility index (Phi) is 4.94. The Bertz CT molecular complexity index is 539. The second-order valence-electron chi connectivity index (χ2n) is 5.36. The summed E-state index contributed by atoms with van der Waals surface area (Å²) in [7, 11) is 0. The van der Waals surface area contributed by atoms with Gasteiger partial charge >= 0.3 is 0 Å². The van der Waals surface area contributed by atoms with Gasteiger partial charge in [-0.05, 0) is 30.5 Å². The second-order valence-corrected chi connectivity index (χ2v) is 5.36. The molecule has 2 amide bonds. The second kappa shape index (κ2) is 6.70. The molecule has 0 fully saturated rings. The molecule has 1 unspecified atom stereocenters. The SMILES string of the molecule is CCCN(CCC)C(=O)C1CC(=O)Nc2cc(F)ccc21. The van der Waals surface area contributed by atoms with E-state index < -0.39 is 11.7 Å². The zero-order valence-corrected chi connectivity index (χ0v) is 12.5. The van der Waals surface area contributed by atoms with Crippen LogP contribution in [0.4, 0.5) is 10.1 Å². The van der Waals surface area contributed by atoms with Crippen molar-refractivity contribution in [2.75, 3.05) is 18.4 Å². The lowest BCUT2D eigenvalue weighted by atomic mass is 9.89. The molecule has 1 aliphatic heterocycles. The van der Waals surface area contributed by atoms with Gasteiger partial charge in [-0.1, -0.05) is 19.9 Å². The molecular formula is C16H21FN2O2. The van der Waals surface area contributed by atoms with E-state index in [1.54, 1.807) is 11.0 Å². The maximum Gasteiger partial charge on any atom is 0.230 e. The normalized spacial score (nSPS) is 17.1. The Morgan fingerprint density at radius 3 is 2.62 bits per heavy atom. The number of anilines is 1. The fourth-order valence-corrected chi connectivity index (χ4v) is 2.75. The quantitative estimate of drug-likeness (QED) is 0.907. The van der Waals surface area contributed by atoms with Crippen LogP contribution in [0, 0.1) is 5.82 Å². The van der Waals surface area contributed by atoms with Gasteiger partial charge in [-0.2, -0.15) is 0 Å². The number of rotatable bonds is 5. The summed E-state index contributed by atoms with van der Waals surface area (Å²) in [6, 6.07) is 4.21. The summed E-state index contributed by atoms with van der Waals surface area (Å²) in [5.74, 6) is -1.20. The summed E-state index contributed by atoms with van der Waals surface area (Å²) < 4.78 is 13.3. The topological polar surface area (TPSA) is 49.4 Å². The Morgan fingerprint density at radius 1 is 1.33 bits per heavy atom. The van der Waals surface area contributed by atoms with Crippen molar-refractivity contribution in [1.29, 1.82) is 0 Å². The van der Waals surface area contributed by atoms with Gasteiger partial charge in [0.1, 0.15) is 5.82 Å². The van der Waals surface area contributed by atoms with Gasteiger partial charge in [0.2, 0.25) is 11.8 Å². The van der Waals surface area contributed by atoms with Crippen molar-refractivity contribution >= 4 is 17.5 Å². The largest absolute Gasteiger partial charge is 0.342 e. The van der Waals surface area contributed by atoms with E-state index in [0.717, 1.165) is 12.8 Å². The van der Waals surface area contributed by atoms with Crippen LogP contribution in [-0.4, -0.2) is 29.8 Å². The van der Waals surface area contributed by atoms with Crippen molar-refractivity contribution in [3.05, 3.63) is 29.6 Å². The maximum absolute atomic E-state index is 13.3. The molecule has 0 aromatic heterocycles. The van der Waals surface area contributed by atoms with Crippen LogP contribution in [0.25, 0.3) is 0 Å². The van der Waals surface area contributed by atoms with Crippen LogP contribution in [0.1, 0.15) is 44.6 Å². The fraction of sp³-hybridized carbons (Fsp3) is 0.500. The van der Waals surface area contributed by atoms with Gasteiger partial charge in [0, 0.05) is 25.2 Å². The Hall–Kier alpha value is -1.91. The minimum absolute atomic E-state index is 0.0404. The van der Waals surface area contributed by atoms with Gasteiger partial charge in [-0.3, -0.25) is 9.59 Å². The van der Waals surface area contributed by atoms with E-state index >= 15 is 0 Å². The molecule has 1 atom stereocenters. The Labute approximate surface area is 124 Å². The van der Waals surface area contributed by atoms with E-state index in [-0.39, 0.29) is 18.2 Å². The molecule has 1 N–H and O–H groups in total. The van der Waals surface area contributed by atoms with Crippen LogP contribution in [0.5, 0.6) is 0 Å². The number of hydrogen-bond acceptors (Lipinski definition) is 2. The van der Waals surface area contributed by atoms with Gasteiger partial charge in [0.25, 0.3) is 0 Å². The molecular weight excluding hydrogens is 271 g/mol. The van der Waals surface area contributed by atoms with Crippen LogP contribution in [0.2, 0.25) is 0 Å². The third-order valence-corrected chi connectivity index (χ3v) is 3.65. The fourth-order valence-electron chi connectivity index (χ4n) is 2.75. The van der Waals surface area contributed by atoms with Gasteiger partial charge < -0.3 is 10.2 Å². The molecule has 21 heavy (non-hydrogen) atoms. The molecule has 0 saturated heterocycles. The monoisotopic (exact) mass is 292 g/mol. The van der Waals surface area contributed by atoms with Crippen LogP contribution >= 0.6 is 0 Å². The minimum atomic E-state index is -0.507. The predicted molar refractivity (Wildman–Crippen MR) is 79.5 cm³/mol. The van der Waals surface area contributed by atoms with E-state index in [1.165, 1.54) is 12.1 Å². The number of nitrogens with zero attached hydrogens (tertiary/aromatic N) is 1. The van der Waals surface area contributed by atoms with Crippen LogP contribution < -0.4 is 5.32 Å². The first kappa shape index (κ1) is 15.5. The molecule has 1 heterocycles. The molecule has 4 nitrogen and oxygen atoms in total. The number of halogens is 1. The van der Waals surface area contributed by atoms with Crippen LogP contribution in [-0.2, 0) is 9.59 Å². The summed E-state index contributed by atoms with van der Waals surface area (Å²) in [5, 5.41) is 2.64. The number of hydrogen-bond donors (Lipinski definition) is 1. The molecule has 0 aliphatic carbocycles. The highest BCUT2D eigenvalue weighted by atomic mass is 19.1. The number of carbonyl (C=O) groups excluding carboxylic acids is 2. The molecule has 0 bridgehead atoms. The van der Waals surface area contributed by atoms with E-state index in [1.807, 2.05) is 13.8 Å². The van der Waals surface area contributed by atoms with Crippen molar-refractivity contribution in [3.8, 4) is 0 Å². The summed E-state index contributed by atoms with van der Waals surface area (Å²) >= 11 is 0. The summed E-state index contributed by atoms with van der Waals surface area (Å²) in [6.45, 7) is 5.41. The van der Waals surface area contributed by atoms with Crippen molar-refractivity contribution in [2.24, 2.45) is 0 Å².